The Kier molecular flexibility index (Phi) is 4.91. The van der Waals surface area contributed by atoms with Crippen molar-refractivity contribution in [3.8, 4) is 0 Å². The SMILES string of the molecule is O=C(O)CCCNc1cc(Cl)ccc1Br. The molecule has 0 spiro atoms. The molecular formula is C10H11BrClNO2. The summed E-state index contributed by atoms with van der Waals surface area (Å²) < 4.78 is 0.919. The molecule has 15 heavy (non-hydrogen) atoms. The van der Waals surface area contributed by atoms with Gasteiger partial charge in [-0.05, 0) is 40.5 Å². The number of rotatable bonds is 5. The van der Waals surface area contributed by atoms with Gasteiger partial charge in [0.1, 0.15) is 0 Å². The molecule has 0 saturated heterocycles. The summed E-state index contributed by atoms with van der Waals surface area (Å²) in [6.45, 7) is 0.616. The van der Waals surface area contributed by atoms with Gasteiger partial charge < -0.3 is 10.4 Å². The Hall–Kier alpha value is -0.740. The van der Waals surface area contributed by atoms with Crippen molar-refractivity contribution in [3.05, 3.63) is 27.7 Å². The van der Waals surface area contributed by atoms with Gasteiger partial charge in [-0.25, -0.2) is 0 Å². The second-order valence-electron chi connectivity index (χ2n) is 3.05. The molecule has 0 atom stereocenters. The summed E-state index contributed by atoms with van der Waals surface area (Å²) in [6, 6.07) is 5.43. The number of carboxylic acid groups (broad SMARTS) is 1. The first-order chi connectivity index (χ1) is 7.09. The zero-order chi connectivity index (χ0) is 11.3. The monoisotopic (exact) mass is 291 g/mol. The fourth-order valence-corrected chi connectivity index (χ4v) is 1.65. The van der Waals surface area contributed by atoms with Crippen LogP contribution < -0.4 is 5.32 Å². The number of halogens is 2. The van der Waals surface area contributed by atoms with Crippen LogP contribution in [0.15, 0.2) is 22.7 Å². The summed E-state index contributed by atoms with van der Waals surface area (Å²) in [5.74, 6) is -0.776. The highest BCUT2D eigenvalue weighted by Gasteiger charge is 2.01. The van der Waals surface area contributed by atoms with E-state index in [-0.39, 0.29) is 6.42 Å². The van der Waals surface area contributed by atoms with Gasteiger partial charge in [0, 0.05) is 28.1 Å². The Morgan fingerprint density at radius 1 is 1.53 bits per heavy atom. The number of nitrogens with one attached hydrogen (secondary N) is 1. The van der Waals surface area contributed by atoms with Gasteiger partial charge in [0.05, 0.1) is 0 Å². The Balaban J connectivity index is 2.43. The van der Waals surface area contributed by atoms with Gasteiger partial charge in [0.15, 0.2) is 0 Å². The normalized spacial score (nSPS) is 10.0. The van der Waals surface area contributed by atoms with E-state index in [1.165, 1.54) is 0 Å². The van der Waals surface area contributed by atoms with Crippen molar-refractivity contribution < 1.29 is 9.90 Å². The molecule has 0 aliphatic heterocycles. The summed E-state index contributed by atoms with van der Waals surface area (Å²) in [7, 11) is 0. The van der Waals surface area contributed by atoms with Crippen LogP contribution in [0.5, 0.6) is 0 Å². The van der Waals surface area contributed by atoms with E-state index in [4.69, 9.17) is 16.7 Å². The van der Waals surface area contributed by atoms with Gasteiger partial charge in [0.2, 0.25) is 0 Å². The van der Waals surface area contributed by atoms with Crippen LogP contribution in [0.3, 0.4) is 0 Å². The first-order valence-electron chi connectivity index (χ1n) is 4.50. The number of hydrogen-bond acceptors (Lipinski definition) is 2. The van der Waals surface area contributed by atoms with Gasteiger partial charge in [-0.15, -0.1) is 0 Å². The molecule has 0 saturated carbocycles. The number of carbonyl (C=O) groups is 1. The lowest BCUT2D eigenvalue weighted by Crippen LogP contribution is -2.05. The molecule has 0 aromatic heterocycles. The van der Waals surface area contributed by atoms with E-state index in [2.05, 4.69) is 21.2 Å². The summed E-state index contributed by atoms with van der Waals surface area (Å²) in [5.41, 5.74) is 0.882. The molecule has 1 rings (SSSR count). The zero-order valence-corrected chi connectivity index (χ0v) is 10.3. The smallest absolute Gasteiger partial charge is 0.303 e. The highest BCUT2D eigenvalue weighted by molar-refractivity contribution is 9.10. The zero-order valence-electron chi connectivity index (χ0n) is 7.96. The topological polar surface area (TPSA) is 49.3 Å². The molecule has 1 aromatic rings. The standard InChI is InChI=1S/C10H11BrClNO2/c11-8-4-3-7(12)6-9(8)13-5-1-2-10(14)15/h3-4,6,13H,1-2,5H2,(H,14,15). The van der Waals surface area contributed by atoms with E-state index in [1.54, 1.807) is 12.1 Å². The molecule has 2 N–H and O–H groups in total. The molecule has 3 nitrogen and oxygen atoms in total. The van der Waals surface area contributed by atoms with Crippen molar-refractivity contribution in [2.75, 3.05) is 11.9 Å². The van der Waals surface area contributed by atoms with Crippen LogP contribution in [0.2, 0.25) is 5.02 Å². The van der Waals surface area contributed by atoms with E-state index in [0.717, 1.165) is 10.2 Å². The molecule has 0 bridgehead atoms. The summed E-state index contributed by atoms with van der Waals surface area (Å²) in [4.78, 5) is 10.3. The minimum absolute atomic E-state index is 0.172. The maximum Gasteiger partial charge on any atom is 0.303 e. The Labute approximate surface area is 102 Å². The molecule has 0 amide bonds. The van der Waals surface area contributed by atoms with Crippen molar-refractivity contribution in [2.24, 2.45) is 0 Å². The van der Waals surface area contributed by atoms with Crippen LogP contribution in [-0.4, -0.2) is 17.6 Å². The van der Waals surface area contributed by atoms with E-state index < -0.39 is 5.97 Å². The van der Waals surface area contributed by atoms with Crippen LogP contribution in [-0.2, 0) is 4.79 Å². The molecule has 0 heterocycles. The average molecular weight is 293 g/mol. The minimum atomic E-state index is -0.776. The van der Waals surface area contributed by atoms with Crippen LogP contribution in [0.25, 0.3) is 0 Å². The highest BCUT2D eigenvalue weighted by atomic mass is 79.9. The number of hydrogen-bond donors (Lipinski definition) is 2. The molecule has 0 aliphatic carbocycles. The number of benzene rings is 1. The fraction of sp³-hybridized carbons (Fsp3) is 0.300. The first-order valence-corrected chi connectivity index (χ1v) is 5.67. The summed E-state index contributed by atoms with van der Waals surface area (Å²) in [6.07, 6.45) is 0.763. The van der Waals surface area contributed by atoms with Gasteiger partial charge in [-0.3, -0.25) is 4.79 Å². The maximum atomic E-state index is 10.3. The molecule has 82 valence electrons. The molecule has 1 aromatic carbocycles. The van der Waals surface area contributed by atoms with E-state index in [1.807, 2.05) is 6.07 Å². The largest absolute Gasteiger partial charge is 0.481 e. The van der Waals surface area contributed by atoms with Gasteiger partial charge >= 0.3 is 5.97 Å². The van der Waals surface area contributed by atoms with Crippen molar-refractivity contribution in [2.45, 2.75) is 12.8 Å². The average Bonchev–Trinajstić information content (AvgIpc) is 2.17. The number of carboxylic acids is 1. The lowest BCUT2D eigenvalue weighted by Gasteiger charge is -2.07. The Morgan fingerprint density at radius 2 is 2.27 bits per heavy atom. The predicted molar refractivity (Wildman–Crippen MR) is 64.5 cm³/mol. The molecule has 5 heteroatoms. The lowest BCUT2D eigenvalue weighted by molar-refractivity contribution is -0.137. The molecule has 0 fully saturated rings. The third-order valence-electron chi connectivity index (χ3n) is 1.81. The maximum absolute atomic E-state index is 10.3. The first kappa shape index (κ1) is 12.3. The van der Waals surface area contributed by atoms with Gasteiger partial charge in [-0.1, -0.05) is 11.6 Å². The third-order valence-corrected chi connectivity index (χ3v) is 2.74. The second-order valence-corrected chi connectivity index (χ2v) is 4.34. The predicted octanol–water partition coefficient (Wildman–Crippen LogP) is 3.38. The Morgan fingerprint density at radius 3 is 2.93 bits per heavy atom. The second kappa shape index (κ2) is 5.98. The van der Waals surface area contributed by atoms with E-state index >= 15 is 0 Å². The van der Waals surface area contributed by atoms with E-state index in [9.17, 15) is 4.79 Å². The molecule has 0 unspecified atom stereocenters. The summed E-state index contributed by atoms with van der Waals surface area (Å²) >= 11 is 9.20. The summed E-state index contributed by atoms with van der Waals surface area (Å²) in [5, 5.41) is 12.2. The van der Waals surface area contributed by atoms with Gasteiger partial charge in [-0.2, -0.15) is 0 Å². The van der Waals surface area contributed by atoms with Crippen molar-refractivity contribution in [3.63, 3.8) is 0 Å². The lowest BCUT2D eigenvalue weighted by atomic mass is 10.3. The van der Waals surface area contributed by atoms with Crippen molar-refractivity contribution in [1.82, 2.24) is 0 Å². The number of anilines is 1. The van der Waals surface area contributed by atoms with Crippen molar-refractivity contribution in [1.29, 1.82) is 0 Å². The fourth-order valence-electron chi connectivity index (χ4n) is 1.10. The third kappa shape index (κ3) is 4.53. The van der Waals surface area contributed by atoms with Gasteiger partial charge in [0.25, 0.3) is 0 Å². The highest BCUT2D eigenvalue weighted by Crippen LogP contribution is 2.25. The Bertz CT molecular complexity index is 357. The molecular weight excluding hydrogens is 281 g/mol. The minimum Gasteiger partial charge on any atom is -0.481 e. The van der Waals surface area contributed by atoms with Crippen molar-refractivity contribution >= 4 is 39.2 Å². The molecule has 0 aliphatic rings. The van der Waals surface area contributed by atoms with Crippen LogP contribution in [0.4, 0.5) is 5.69 Å². The quantitative estimate of drug-likeness (QED) is 0.818. The van der Waals surface area contributed by atoms with E-state index in [0.29, 0.717) is 18.0 Å². The van der Waals surface area contributed by atoms with Crippen LogP contribution in [0, 0.1) is 0 Å². The number of aliphatic carboxylic acids is 1. The van der Waals surface area contributed by atoms with Crippen LogP contribution >= 0.6 is 27.5 Å². The molecule has 0 radical (unpaired) electrons. The van der Waals surface area contributed by atoms with Crippen LogP contribution in [0.1, 0.15) is 12.8 Å².